The molecule has 0 aliphatic rings. The van der Waals surface area contributed by atoms with Gasteiger partial charge in [0.25, 0.3) is 0 Å². The van der Waals surface area contributed by atoms with E-state index in [2.05, 4.69) is 34.0 Å². The normalized spacial score (nSPS) is 9.56. The molecule has 1 N–H and O–H groups in total. The summed E-state index contributed by atoms with van der Waals surface area (Å²) in [7, 11) is 0. The van der Waals surface area contributed by atoms with E-state index in [9.17, 15) is 4.79 Å². The highest BCUT2D eigenvalue weighted by atomic mass is 32.1. The summed E-state index contributed by atoms with van der Waals surface area (Å²) in [4.78, 5) is 22.6. The highest BCUT2D eigenvalue weighted by Gasteiger charge is 2.17. The SMILES string of the molecule is CS.Cc1sc(N(Cc2ccccn2)c2ccc(C#N)cc2)nc1NC=O. The number of hydrogen-bond acceptors (Lipinski definition) is 7. The van der Waals surface area contributed by atoms with E-state index in [4.69, 9.17) is 5.26 Å². The van der Waals surface area contributed by atoms with Crippen molar-refractivity contribution in [2.24, 2.45) is 0 Å². The van der Waals surface area contributed by atoms with Crippen LogP contribution in [0.3, 0.4) is 0 Å². The second kappa shape index (κ2) is 10.3. The van der Waals surface area contributed by atoms with Crippen molar-refractivity contribution in [3.8, 4) is 6.07 Å². The molecule has 0 atom stereocenters. The summed E-state index contributed by atoms with van der Waals surface area (Å²) in [5.74, 6) is 0.551. The zero-order chi connectivity index (χ0) is 19.6. The maximum absolute atomic E-state index is 10.7. The first-order valence-electron chi connectivity index (χ1n) is 8.01. The Balaban J connectivity index is 0.00000126. The summed E-state index contributed by atoms with van der Waals surface area (Å²) < 4.78 is 0. The third-order valence-electron chi connectivity index (χ3n) is 3.57. The van der Waals surface area contributed by atoms with E-state index in [1.165, 1.54) is 11.3 Å². The first-order valence-corrected chi connectivity index (χ1v) is 9.72. The van der Waals surface area contributed by atoms with Crippen molar-refractivity contribution in [3.63, 3.8) is 0 Å². The fraction of sp³-hybridized carbons (Fsp3) is 0.158. The van der Waals surface area contributed by atoms with Crippen molar-refractivity contribution >= 4 is 47.0 Å². The van der Waals surface area contributed by atoms with Gasteiger partial charge >= 0.3 is 0 Å². The van der Waals surface area contributed by atoms with Gasteiger partial charge in [-0.25, -0.2) is 4.98 Å². The van der Waals surface area contributed by atoms with Crippen molar-refractivity contribution in [1.29, 1.82) is 5.26 Å². The van der Waals surface area contributed by atoms with Crippen molar-refractivity contribution in [2.45, 2.75) is 13.5 Å². The number of hydrogen-bond donors (Lipinski definition) is 2. The largest absolute Gasteiger partial charge is 0.312 e. The summed E-state index contributed by atoms with van der Waals surface area (Å²) in [5, 5.41) is 12.4. The lowest BCUT2D eigenvalue weighted by molar-refractivity contribution is -0.105. The summed E-state index contributed by atoms with van der Waals surface area (Å²) in [5.41, 5.74) is 2.39. The predicted molar refractivity (Wildman–Crippen MR) is 113 cm³/mol. The Morgan fingerprint density at radius 3 is 2.59 bits per heavy atom. The van der Waals surface area contributed by atoms with Gasteiger partial charge in [-0.2, -0.15) is 17.9 Å². The maximum atomic E-state index is 10.7. The second-order valence-corrected chi connectivity index (χ2v) is 6.41. The average Bonchev–Trinajstić information content (AvgIpc) is 3.09. The van der Waals surface area contributed by atoms with E-state index in [0.29, 0.717) is 24.3 Å². The lowest BCUT2D eigenvalue weighted by Crippen LogP contribution is -2.17. The van der Waals surface area contributed by atoms with Gasteiger partial charge in [-0.3, -0.25) is 9.78 Å². The lowest BCUT2D eigenvalue weighted by atomic mass is 10.2. The summed E-state index contributed by atoms with van der Waals surface area (Å²) in [6, 6.07) is 15.2. The predicted octanol–water partition coefficient (Wildman–Crippen LogP) is 4.17. The first kappa shape index (κ1) is 20.4. The highest BCUT2D eigenvalue weighted by Crippen LogP contribution is 2.34. The molecule has 0 unspecified atom stereocenters. The van der Waals surface area contributed by atoms with Crippen LogP contribution in [-0.2, 0) is 11.3 Å². The molecule has 0 aliphatic heterocycles. The Morgan fingerprint density at radius 2 is 2.00 bits per heavy atom. The van der Waals surface area contributed by atoms with Crippen molar-refractivity contribution < 1.29 is 4.79 Å². The third kappa shape index (κ3) is 5.29. The molecular weight excluding hydrogens is 378 g/mol. The Kier molecular flexibility index (Phi) is 7.79. The molecule has 0 spiro atoms. The van der Waals surface area contributed by atoms with Crippen LogP contribution in [-0.4, -0.2) is 22.6 Å². The zero-order valence-corrected chi connectivity index (χ0v) is 16.7. The molecule has 0 saturated heterocycles. The number of pyridine rings is 1. The number of carbonyl (C=O) groups excluding carboxylic acids is 1. The highest BCUT2D eigenvalue weighted by molar-refractivity contribution is 7.79. The number of thiol groups is 1. The molecule has 8 heteroatoms. The van der Waals surface area contributed by atoms with Crippen LogP contribution in [0.25, 0.3) is 0 Å². The van der Waals surface area contributed by atoms with Crippen LogP contribution in [0, 0.1) is 18.3 Å². The van der Waals surface area contributed by atoms with Gasteiger partial charge < -0.3 is 10.2 Å². The number of nitrogens with one attached hydrogen (secondary N) is 1. The Morgan fingerprint density at radius 1 is 1.26 bits per heavy atom. The molecule has 0 bridgehead atoms. The molecule has 2 aromatic heterocycles. The van der Waals surface area contributed by atoms with E-state index in [-0.39, 0.29) is 0 Å². The lowest BCUT2D eigenvalue weighted by Gasteiger charge is -2.21. The molecular formula is C19H19N5OS2. The number of aryl methyl sites for hydroxylation is 1. The Bertz CT molecular complexity index is 904. The van der Waals surface area contributed by atoms with Crippen LogP contribution in [0.5, 0.6) is 0 Å². The van der Waals surface area contributed by atoms with E-state index in [1.54, 1.807) is 24.6 Å². The molecule has 3 rings (SSSR count). The summed E-state index contributed by atoms with van der Waals surface area (Å²) in [6.07, 6.45) is 4.06. The molecule has 0 radical (unpaired) electrons. The number of aromatic nitrogens is 2. The molecule has 1 amide bonds. The number of carbonyl (C=O) groups is 1. The van der Waals surface area contributed by atoms with Crippen LogP contribution in [0.15, 0.2) is 48.7 Å². The number of thiazole rings is 1. The Hall–Kier alpha value is -2.89. The standard InChI is InChI=1S/C18H15N5OS.CH4S/c1-13-17(21-12-24)22-18(25-13)23(11-15-4-2-3-9-20-15)16-7-5-14(10-19)6-8-16;1-2/h2-9,12H,11H2,1H3,(H,21,24);2H,1H3. The van der Waals surface area contributed by atoms with Crippen molar-refractivity contribution in [1.82, 2.24) is 9.97 Å². The number of rotatable bonds is 6. The van der Waals surface area contributed by atoms with Gasteiger partial charge in [0, 0.05) is 16.8 Å². The minimum absolute atomic E-state index is 0.528. The van der Waals surface area contributed by atoms with Crippen LogP contribution in [0.1, 0.15) is 16.1 Å². The summed E-state index contributed by atoms with van der Waals surface area (Å²) in [6.45, 7) is 2.44. The number of amides is 1. The minimum Gasteiger partial charge on any atom is -0.312 e. The average molecular weight is 398 g/mol. The molecule has 6 nitrogen and oxygen atoms in total. The van der Waals surface area contributed by atoms with E-state index in [0.717, 1.165) is 21.4 Å². The monoisotopic (exact) mass is 397 g/mol. The number of nitrogens with zero attached hydrogens (tertiary/aromatic N) is 4. The summed E-state index contributed by atoms with van der Waals surface area (Å²) >= 11 is 5.01. The number of anilines is 3. The van der Waals surface area contributed by atoms with Crippen LogP contribution in [0.4, 0.5) is 16.6 Å². The molecule has 138 valence electrons. The van der Waals surface area contributed by atoms with Crippen LogP contribution < -0.4 is 10.2 Å². The Labute approximate surface area is 167 Å². The van der Waals surface area contributed by atoms with Crippen molar-refractivity contribution in [2.75, 3.05) is 16.5 Å². The number of nitriles is 1. The molecule has 2 heterocycles. The van der Waals surface area contributed by atoms with Gasteiger partial charge in [0.15, 0.2) is 5.13 Å². The van der Waals surface area contributed by atoms with E-state index >= 15 is 0 Å². The molecule has 1 aromatic carbocycles. The van der Waals surface area contributed by atoms with Gasteiger partial charge in [-0.05, 0) is 49.6 Å². The van der Waals surface area contributed by atoms with Gasteiger partial charge in [0.1, 0.15) is 5.82 Å². The third-order valence-corrected chi connectivity index (χ3v) is 4.56. The van der Waals surface area contributed by atoms with Crippen LogP contribution in [0.2, 0.25) is 0 Å². The fourth-order valence-corrected chi connectivity index (χ4v) is 3.22. The van der Waals surface area contributed by atoms with Gasteiger partial charge in [0.2, 0.25) is 6.41 Å². The van der Waals surface area contributed by atoms with Crippen LogP contribution >= 0.6 is 24.0 Å². The quantitative estimate of drug-likeness (QED) is 0.482. The topological polar surface area (TPSA) is 81.9 Å². The fourth-order valence-electron chi connectivity index (χ4n) is 2.33. The first-order chi connectivity index (χ1) is 13.2. The zero-order valence-electron chi connectivity index (χ0n) is 15.0. The van der Waals surface area contributed by atoms with Gasteiger partial charge in [0.05, 0.1) is 23.9 Å². The molecule has 0 aliphatic carbocycles. The molecule has 27 heavy (non-hydrogen) atoms. The number of benzene rings is 1. The molecule has 0 fully saturated rings. The molecule has 0 saturated carbocycles. The maximum Gasteiger partial charge on any atom is 0.212 e. The van der Waals surface area contributed by atoms with E-state index < -0.39 is 0 Å². The van der Waals surface area contributed by atoms with E-state index in [1.807, 2.05) is 42.2 Å². The van der Waals surface area contributed by atoms with Gasteiger partial charge in [-0.15, -0.1) is 0 Å². The van der Waals surface area contributed by atoms with Gasteiger partial charge in [-0.1, -0.05) is 17.4 Å². The molecule has 3 aromatic rings. The second-order valence-electron chi connectivity index (χ2n) is 5.23. The minimum atomic E-state index is 0.528. The van der Waals surface area contributed by atoms with Crippen molar-refractivity contribution in [3.05, 3.63) is 64.8 Å². The smallest absolute Gasteiger partial charge is 0.212 e.